The predicted octanol–water partition coefficient (Wildman–Crippen LogP) is 3.64. The van der Waals surface area contributed by atoms with Gasteiger partial charge in [-0.2, -0.15) is 0 Å². The molecule has 1 saturated carbocycles. The Bertz CT molecular complexity index is 775. The molecule has 2 N–H and O–H groups in total. The first-order chi connectivity index (χ1) is 12.3. The van der Waals surface area contributed by atoms with E-state index in [9.17, 15) is 4.79 Å². The van der Waals surface area contributed by atoms with E-state index < -0.39 is 0 Å². The molecule has 4 rings (SSSR count). The van der Waals surface area contributed by atoms with E-state index in [1.54, 1.807) is 0 Å². The molecule has 2 heterocycles. The van der Waals surface area contributed by atoms with Crippen molar-refractivity contribution in [2.24, 2.45) is 11.8 Å². The largest absolute Gasteiger partial charge is 0.492 e. The van der Waals surface area contributed by atoms with Gasteiger partial charge in [-0.15, -0.1) is 0 Å². The molecule has 0 bridgehead atoms. The maximum Gasteiger partial charge on any atom is 0.255 e. The van der Waals surface area contributed by atoms with Crippen LogP contribution in [-0.2, 0) is 6.42 Å². The Morgan fingerprint density at radius 2 is 1.88 bits per heavy atom. The molecule has 25 heavy (non-hydrogen) atoms. The van der Waals surface area contributed by atoms with Gasteiger partial charge in [-0.05, 0) is 30.9 Å². The van der Waals surface area contributed by atoms with Crippen molar-refractivity contribution in [3.63, 3.8) is 0 Å². The van der Waals surface area contributed by atoms with Gasteiger partial charge in [0.25, 0.3) is 5.56 Å². The number of benzene rings is 1. The lowest BCUT2D eigenvalue weighted by molar-refractivity contribution is 0.199. The van der Waals surface area contributed by atoms with Gasteiger partial charge in [0.15, 0.2) is 0 Å². The zero-order valence-corrected chi connectivity index (χ0v) is 14.9. The third-order valence-corrected chi connectivity index (χ3v) is 5.53. The molecule has 1 saturated heterocycles. The number of pyridine rings is 1. The van der Waals surface area contributed by atoms with Crippen molar-refractivity contribution >= 4 is 10.9 Å². The van der Waals surface area contributed by atoms with Crippen LogP contribution in [-0.4, -0.2) is 24.7 Å². The third kappa shape index (κ3) is 4.06. The van der Waals surface area contributed by atoms with Crippen LogP contribution in [0.5, 0.6) is 5.75 Å². The van der Waals surface area contributed by atoms with Crippen molar-refractivity contribution in [2.75, 3.05) is 19.7 Å². The van der Waals surface area contributed by atoms with E-state index in [1.807, 2.05) is 18.2 Å². The fourth-order valence-corrected chi connectivity index (χ4v) is 3.63. The Morgan fingerprint density at radius 1 is 1.04 bits per heavy atom. The summed E-state index contributed by atoms with van der Waals surface area (Å²) in [6.45, 7) is 2.71. The van der Waals surface area contributed by atoms with Crippen LogP contribution in [0.3, 0.4) is 0 Å². The summed E-state index contributed by atoms with van der Waals surface area (Å²) in [6, 6.07) is 7.97. The minimum absolute atomic E-state index is 0.0163. The fourth-order valence-electron chi connectivity index (χ4n) is 3.63. The minimum Gasteiger partial charge on any atom is -0.492 e. The monoisotopic (exact) mass is 340 g/mol. The molecule has 2 aromatic rings. The molecule has 4 heteroatoms. The average Bonchev–Trinajstić information content (AvgIpc) is 3.39. The molecule has 0 radical (unpaired) electrons. The summed E-state index contributed by atoms with van der Waals surface area (Å²) < 4.78 is 6.18. The van der Waals surface area contributed by atoms with E-state index in [0.29, 0.717) is 12.5 Å². The lowest BCUT2D eigenvalue weighted by atomic mass is 10.0. The van der Waals surface area contributed by atoms with Crippen LogP contribution in [0, 0.1) is 11.8 Å². The van der Waals surface area contributed by atoms with E-state index in [4.69, 9.17) is 4.74 Å². The number of hydrogen-bond acceptors (Lipinski definition) is 3. The van der Waals surface area contributed by atoms with Gasteiger partial charge in [-0.1, -0.05) is 44.2 Å². The van der Waals surface area contributed by atoms with Crippen LogP contribution in [0.2, 0.25) is 0 Å². The van der Waals surface area contributed by atoms with Gasteiger partial charge in [0.2, 0.25) is 0 Å². The molecule has 134 valence electrons. The summed E-state index contributed by atoms with van der Waals surface area (Å²) in [5.41, 5.74) is 1.71. The Kier molecular flexibility index (Phi) is 5.07. The topological polar surface area (TPSA) is 54.1 Å². The third-order valence-electron chi connectivity index (χ3n) is 5.53. The number of ether oxygens (including phenoxy) is 1. The number of nitrogens with one attached hydrogen (secondary N) is 2. The van der Waals surface area contributed by atoms with Crippen molar-refractivity contribution < 1.29 is 4.74 Å². The number of H-pyrrole nitrogens is 1. The van der Waals surface area contributed by atoms with Gasteiger partial charge in [0.1, 0.15) is 5.75 Å². The van der Waals surface area contributed by atoms with Crippen LogP contribution < -0.4 is 15.6 Å². The molecule has 1 aromatic heterocycles. The van der Waals surface area contributed by atoms with Crippen molar-refractivity contribution in [1.82, 2.24) is 10.3 Å². The van der Waals surface area contributed by atoms with Crippen LogP contribution in [0.25, 0.3) is 10.9 Å². The zero-order valence-electron chi connectivity index (χ0n) is 14.9. The molecule has 1 aliphatic heterocycles. The maximum absolute atomic E-state index is 12.6. The van der Waals surface area contributed by atoms with E-state index in [-0.39, 0.29) is 5.56 Å². The van der Waals surface area contributed by atoms with Crippen molar-refractivity contribution in [1.29, 1.82) is 0 Å². The normalized spacial score (nSPS) is 17.6. The number of rotatable bonds is 9. The quantitative estimate of drug-likeness (QED) is 0.685. The number of aromatic amines is 1. The molecule has 0 atom stereocenters. The molecule has 2 aliphatic rings. The summed E-state index contributed by atoms with van der Waals surface area (Å²) in [6.07, 6.45) is 8.59. The molecule has 0 amide bonds. The predicted molar refractivity (Wildman–Crippen MR) is 101 cm³/mol. The highest BCUT2D eigenvalue weighted by atomic mass is 16.5. The smallest absolute Gasteiger partial charge is 0.255 e. The lowest BCUT2D eigenvalue weighted by Crippen LogP contribution is -2.45. The van der Waals surface area contributed by atoms with Crippen LogP contribution in [0.4, 0.5) is 0 Å². The molecule has 4 nitrogen and oxygen atoms in total. The molecule has 2 fully saturated rings. The SMILES string of the molecule is O=c1[nH]c2ccccc2c(OCC2CNC2)c1CCCCCC1CC1. The standard InChI is InChI=1S/C21H28N2O2/c24-21-18(8-3-1-2-6-15-10-11-15)20(25-14-16-12-22-13-16)17-7-4-5-9-19(17)23-21/h4-5,7,9,15-16,22H,1-3,6,8,10-14H2,(H,23,24). The summed E-state index contributed by atoms with van der Waals surface area (Å²) in [4.78, 5) is 15.7. The van der Waals surface area contributed by atoms with Gasteiger partial charge in [-0.25, -0.2) is 0 Å². The fraction of sp³-hybridized carbons (Fsp3) is 0.571. The summed E-state index contributed by atoms with van der Waals surface area (Å²) in [5.74, 6) is 2.37. The van der Waals surface area contributed by atoms with Gasteiger partial charge in [-0.3, -0.25) is 4.79 Å². The highest BCUT2D eigenvalue weighted by molar-refractivity contribution is 5.86. The van der Waals surface area contributed by atoms with Gasteiger partial charge >= 0.3 is 0 Å². The van der Waals surface area contributed by atoms with Crippen LogP contribution in [0.1, 0.15) is 44.1 Å². The second kappa shape index (κ2) is 7.61. The summed E-state index contributed by atoms with van der Waals surface area (Å²) in [5, 5.41) is 4.31. The van der Waals surface area contributed by atoms with Crippen molar-refractivity contribution in [3.05, 3.63) is 40.2 Å². The average molecular weight is 340 g/mol. The molecular weight excluding hydrogens is 312 g/mol. The molecule has 1 aliphatic carbocycles. The number of hydrogen-bond donors (Lipinski definition) is 2. The first-order valence-electron chi connectivity index (χ1n) is 9.78. The number of unbranched alkanes of at least 4 members (excludes halogenated alkanes) is 2. The zero-order chi connectivity index (χ0) is 17.1. The molecule has 0 spiro atoms. The summed E-state index contributed by atoms with van der Waals surface area (Å²) >= 11 is 0. The molecule has 1 aromatic carbocycles. The van der Waals surface area contributed by atoms with Crippen LogP contribution >= 0.6 is 0 Å². The maximum atomic E-state index is 12.6. The minimum atomic E-state index is 0.0163. The van der Waals surface area contributed by atoms with Gasteiger partial charge in [0, 0.05) is 24.4 Å². The number of para-hydroxylation sites is 1. The van der Waals surface area contributed by atoms with Crippen molar-refractivity contribution in [2.45, 2.75) is 44.9 Å². The molecular formula is C21H28N2O2. The van der Waals surface area contributed by atoms with E-state index >= 15 is 0 Å². The first-order valence-corrected chi connectivity index (χ1v) is 9.78. The Balaban J connectivity index is 1.49. The first kappa shape index (κ1) is 16.6. The highest BCUT2D eigenvalue weighted by Gasteiger charge is 2.21. The van der Waals surface area contributed by atoms with E-state index in [0.717, 1.165) is 54.1 Å². The van der Waals surface area contributed by atoms with Gasteiger partial charge in [0.05, 0.1) is 17.7 Å². The highest BCUT2D eigenvalue weighted by Crippen LogP contribution is 2.34. The van der Waals surface area contributed by atoms with E-state index in [2.05, 4.69) is 16.4 Å². The lowest BCUT2D eigenvalue weighted by Gasteiger charge is -2.27. The van der Waals surface area contributed by atoms with Crippen LogP contribution in [0.15, 0.2) is 29.1 Å². The second-order valence-corrected chi connectivity index (χ2v) is 7.69. The summed E-state index contributed by atoms with van der Waals surface area (Å²) in [7, 11) is 0. The number of aromatic nitrogens is 1. The second-order valence-electron chi connectivity index (χ2n) is 7.69. The Labute approximate surface area is 149 Å². The number of fused-ring (bicyclic) bond motifs is 1. The Hall–Kier alpha value is -1.81. The van der Waals surface area contributed by atoms with Gasteiger partial charge < -0.3 is 15.0 Å². The van der Waals surface area contributed by atoms with Crippen molar-refractivity contribution in [3.8, 4) is 5.75 Å². The van der Waals surface area contributed by atoms with E-state index in [1.165, 1.54) is 32.1 Å². The Morgan fingerprint density at radius 3 is 2.64 bits per heavy atom. The molecule has 0 unspecified atom stereocenters.